The molecule has 2 heterocycles. The van der Waals surface area contributed by atoms with Gasteiger partial charge in [0, 0.05) is 0 Å². The largest absolute Gasteiger partial charge is 0.480 e. The molecule has 0 aliphatic carbocycles. The van der Waals surface area contributed by atoms with Crippen LogP contribution in [0.3, 0.4) is 0 Å². The Labute approximate surface area is 102 Å². The maximum atomic E-state index is 5.11. The second kappa shape index (κ2) is 3.75. The van der Waals surface area contributed by atoms with Gasteiger partial charge < -0.3 is 4.74 Å². The highest BCUT2D eigenvalue weighted by molar-refractivity contribution is 9.12. The molecule has 0 saturated heterocycles. The lowest BCUT2D eigenvalue weighted by Gasteiger charge is -2.02. The van der Waals surface area contributed by atoms with E-state index in [0.717, 1.165) is 24.3 Å². The fraction of sp³-hybridized carbons (Fsp3) is 0.250. The van der Waals surface area contributed by atoms with E-state index in [-0.39, 0.29) is 0 Å². The Kier molecular flexibility index (Phi) is 2.77. The number of aromatic nitrogens is 2. The van der Waals surface area contributed by atoms with E-state index in [0.29, 0.717) is 5.88 Å². The molecule has 3 nitrogen and oxygen atoms in total. The molecule has 0 spiro atoms. The molecule has 0 saturated carbocycles. The molecule has 0 unspecified atom stereocenters. The molecule has 0 atom stereocenters. The summed E-state index contributed by atoms with van der Waals surface area (Å²) in [5, 5.41) is 0. The summed E-state index contributed by atoms with van der Waals surface area (Å²) in [6, 6.07) is 0. The number of rotatable bonds is 1. The number of fused-ring (bicyclic) bond motifs is 1. The minimum Gasteiger partial charge on any atom is -0.480 e. The summed E-state index contributed by atoms with van der Waals surface area (Å²) in [5.74, 6) is 0.573. The molecule has 0 N–H and O–H groups in total. The molecule has 2 aromatic heterocycles. The number of methoxy groups -OCH3 is 1. The summed E-state index contributed by atoms with van der Waals surface area (Å²) in [6.07, 6.45) is 0. The van der Waals surface area contributed by atoms with E-state index >= 15 is 0 Å². The van der Waals surface area contributed by atoms with Crippen molar-refractivity contribution < 1.29 is 4.74 Å². The zero-order valence-corrected chi connectivity index (χ0v) is 11.5. The van der Waals surface area contributed by atoms with Crippen molar-refractivity contribution in [3.05, 3.63) is 13.3 Å². The molecule has 0 aliphatic heterocycles. The summed E-state index contributed by atoms with van der Waals surface area (Å²) in [6.45, 7) is 1.88. The molecular formula is C8H6Br2N2OS. The van der Waals surface area contributed by atoms with Gasteiger partial charge in [-0.1, -0.05) is 0 Å². The lowest BCUT2D eigenvalue weighted by atomic mass is 10.4. The van der Waals surface area contributed by atoms with Crippen molar-refractivity contribution in [1.29, 1.82) is 0 Å². The van der Waals surface area contributed by atoms with Crippen LogP contribution in [-0.2, 0) is 0 Å². The highest BCUT2D eigenvalue weighted by Gasteiger charge is 2.13. The minimum absolute atomic E-state index is 0.573. The van der Waals surface area contributed by atoms with Gasteiger partial charge in [0.05, 0.1) is 14.7 Å². The Morgan fingerprint density at radius 1 is 1.14 bits per heavy atom. The van der Waals surface area contributed by atoms with E-state index < -0.39 is 0 Å². The average molecular weight is 338 g/mol. The Bertz CT molecular complexity index is 498. The van der Waals surface area contributed by atoms with E-state index in [1.807, 2.05) is 6.92 Å². The van der Waals surface area contributed by atoms with Crippen LogP contribution >= 0.6 is 43.2 Å². The van der Waals surface area contributed by atoms with E-state index in [1.165, 1.54) is 0 Å². The third-order valence-electron chi connectivity index (χ3n) is 1.77. The normalized spacial score (nSPS) is 10.9. The van der Waals surface area contributed by atoms with Gasteiger partial charge in [0.1, 0.15) is 16.7 Å². The van der Waals surface area contributed by atoms with Crippen molar-refractivity contribution in [2.24, 2.45) is 0 Å². The van der Waals surface area contributed by atoms with Crippen molar-refractivity contribution in [3.63, 3.8) is 0 Å². The Hall–Kier alpha value is -0.200. The second-order valence-corrected chi connectivity index (χ2v) is 6.32. The molecule has 0 radical (unpaired) electrons. The lowest BCUT2D eigenvalue weighted by Crippen LogP contribution is -1.94. The predicted molar refractivity (Wildman–Crippen MR) is 64.1 cm³/mol. The number of hydrogen-bond donors (Lipinski definition) is 0. The first-order chi connectivity index (χ1) is 6.63. The molecule has 2 aromatic rings. The van der Waals surface area contributed by atoms with Crippen molar-refractivity contribution in [2.45, 2.75) is 6.92 Å². The number of aryl methyl sites for hydroxylation is 1. The van der Waals surface area contributed by atoms with Gasteiger partial charge in [-0.05, 0) is 38.8 Å². The quantitative estimate of drug-likeness (QED) is 0.798. The zero-order chi connectivity index (χ0) is 10.3. The first-order valence-electron chi connectivity index (χ1n) is 3.79. The Morgan fingerprint density at radius 2 is 1.71 bits per heavy atom. The minimum atomic E-state index is 0.573. The highest BCUT2D eigenvalue weighted by atomic mass is 79.9. The van der Waals surface area contributed by atoms with Crippen LogP contribution in [0.2, 0.25) is 0 Å². The molecular weight excluding hydrogens is 332 g/mol. The number of hydrogen-bond acceptors (Lipinski definition) is 4. The number of ether oxygens (including phenoxy) is 1. The fourth-order valence-electron chi connectivity index (χ4n) is 1.15. The molecule has 0 fully saturated rings. The topological polar surface area (TPSA) is 35.0 Å². The summed E-state index contributed by atoms with van der Waals surface area (Å²) < 4.78 is 7.06. The summed E-state index contributed by atoms with van der Waals surface area (Å²) >= 11 is 8.44. The average Bonchev–Trinajstić information content (AvgIpc) is 2.41. The monoisotopic (exact) mass is 336 g/mol. The SMILES string of the molecule is COc1nc2c(Br)sc(Br)c2nc1C. The third kappa shape index (κ3) is 1.55. The predicted octanol–water partition coefficient (Wildman–Crippen LogP) is 3.53. The van der Waals surface area contributed by atoms with Gasteiger partial charge in [-0.25, -0.2) is 9.97 Å². The van der Waals surface area contributed by atoms with Gasteiger partial charge in [0.25, 0.3) is 0 Å². The summed E-state index contributed by atoms with van der Waals surface area (Å²) in [7, 11) is 1.60. The highest BCUT2D eigenvalue weighted by Crippen LogP contribution is 2.38. The van der Waals surface area contributed by atoms with E-state index in [2.05, 4.69) is 41.8 Å². The molecule has 0 aromatic carbocycles. The summed E-state index contributed by atoms with van der Waals surface area (Å²) in [5.41, 5.74) is 2.51. The van der Waals surface area contributed by atoms with Crippen molar-refractivity contribution >= 4 is 54.2 Å². The maximum Gasteiger partial charge on any atom is 0.235 e. The van der Waals surface area contributed by atoms with Crippen LogP contribution in [0, 0.1) is 6.92 Å². The van der Waals surface area contributed by atoms with Gasteiger partial charge in [0.2, 0.25) is 5.88 Å². The second-order valence-electron chi connectivity index (χ2n) is 2.66. The van der Waals surface area contributed by atoms with Crippen LogP contribution in [0.1, 0.15) is 5.69 Å². The zero-order valence-electron chi connectivity index (χ0n) is 7.47. The van der Waals surface area contributed by atoms with Crippen LogP contribution in [0.15, 0.2) is 7.57 Å². The first-order valence-corrected chi connectivity index (χ1v) is 6.20. The van der Waals surface area contributed by atoms with Gasteiger partial charge in [-0.2, -0.15) is 0 Å². The van der Waals surface area contributed by atoms with Gasteiger partial charge in [0.15, 0.2) is 0 Å². The molecule has 6 heteroatoms. The molecule has 0 bridgehead atoms. The Morgan fingerprint density at radius 3 is 2.29 bits per heavy atom. The van der Waals surface area contributed by atoms with Crippen LogP contribution in [0.5, 0.6) is 5.88 Å². The molecule has 0 amide bonds. The standard InChI is InChI=1S/C8H6Br2N2OS/c1-3-8(13-2)12-5-4(11-3)6(9)14-7(5)10/h1-2H3. The molecule has 14 heavy (non-hydrogen) atoms. The maximum absolute atomic E-state index is 5.11. The van der Waals surface area contributed by atoms with Gasteiger partial charge in [-0.3, -0.25) is 0 Å². The summed E-state index contributed by atoms with van der Waals surface area (Å²) in [4.78, 5) is 8.78. The molecule has 74 valence electrons. The smallest absolute Gasteiger partial charge is 0.235 e. The third-order valence-corrected chi connectivity index (χ3v) is 4.24. The van der Waals surface area contributed by atoms with Crippen LogP contribution in [-0.4, -0.2) is 17.1 Å². The van der Waals surface area contributed by atoms with Crippen LogP contribution in [0.4, 0.5) is 0 Å². The number of halogens is 2. The van der Waals surface area contributed by atoms with Crippen molar-refractivity contribution in [1.82, 2.24) is 9.97 Å². The van der Waals surface area contributed by atoms with Crippen molar-refractivity contribution in [3.8, 4) is 5.88 Å². The first kappa shape index (κ1) is 10.3. The molecule has 2 rings (SSSR count). The van der Waals surface area contributed by atoms with E-state index in [1.54, 1.807) is 18.4 Å². The van der Waals surface area contributed by atoms with E-state index in [9.17, 15) is 0 Å². The van der Waals surface area contributed by atoms with Crippen LogP contribution in [0.25, 0.3) is 11.0 Å². The number of nitrogens with zero attached hydrogens (tertiary/aromatic N) is 2. The number of thiophene rings is 1. The van der Waals surface area contributed by atoms with Crippen molar-refractivity contribution in [2.75, 3.05) is 7.11 Å². The van der Waals surface area contributed by atoms with E-state index in [4.69, 9.17) is 4.74 Å². The lowest BCUT2D eigenvalue weighted by molar-refractivity contribution is 0.394. The van der Waals surface area contributed by atoms with Gasteiger partial charge in [-0.15, -0.1) is 11.3 Å². The Balaban J connectivity index is 2.82. The fourth-order valence-corrected chi connectivity index (χ4v) is 3.96. The molecule has 0 aliphatic rings. The van der Waals surface area contributed by atoms with Gasteiger partial charge >= 0.3 is 0 Å². The van der Waals surface area contributed by atoms with Crippen LogP contribution < -0.4 is 4.74 Å².